The molecule has 0 saturated carbocycles. The Morgan fingerprint density at radius 2 is 2.09 bits per heavy atom. The zero-order valence-corrected chi connectivity index (χ0v) is 14.3. The van der Waals surface area contributed by atoms with Crippen molar-refractivity contribution in [1.82, 2.24) is 9.88 Å². The molecule has 1 aromatic heterocycles. The molecule has 22 heavy (non-hydrogen) atoms. The number of morpholine rings is 2. The molecule has 3 rings (SSSR count). The summed E-state index contributed by atoms with van der Waals surface area (Å²) in [5.74, 6) is 0.811. The van der Waals surface area contributed by atoms with Crippen molar-refractivity contribution in [3.63, 3.8) is 0 Å². The smallest absolute Gasteiger partial charge is 0.253 e. The molecule has 3 heterocycles. The molecule has 120 valence electrons. The molecule has 2 aliphatic heterocycles. The number of ether oxygens (including phenoxy) is 2. The van der Waals surface area contributed by atoms with Gasteiger partial charge >= 0.3 is 0 Å². The van der Waals surface area contributed by atoms with Crippen LogP contribution in [0.4, 0.5) is 5.82 Å². The number of rotatable bonds is 2. The average Bonchev–Trinajstić information content (AvgIpc) is 2.55. The molecule has 1 unspecified atom stereocenters. The Morgan fingerprint density at radius 3 is 2.82 bits per heavy atom. The second-order valence-electron chi connectivity index (χ2n) is 5.20. The third kappa shape index (κ3) is 3.53. The lowest BCUT2D eigenvalue weighted by molar-refractivity contribution is -0.148. The van der Waals surface area contributed by atoms with Crippen LogP contribution in [0.1, 0.15) is 0 Å². The van der Waals surface area contributed by atoms with Crippen LogP contribution in [0.3, 0.4) is 0 Å². The van der Waals surface area contributed by atoms with E-state index in [-0.39, 0.29) is 5.91 Å². The highest BCUT2D eigenvalue weighted by Crippen LogP contribution is 2.28. The minimum Gasteiger partial charge on any atom is -0.378 e. The maximum absolute atomic E-state index is 12.5. The van der Waals surface area contributed by atoms with Crippen LogP contribution in [0.15, 0.2) is 16.7 Å². The summed E-state index contributed by atoms with van der Waals surface area (Å²) in [5.41, 5.74) is 0. The van der Waals surface area contributed by atoms with Crippen LogP contribution in [0, 0.1) is 0 Å². The lowest BCUT2D eigenvalue weighted by Gasteiger charge is -2.36. The predicted molar refractivity (Wildman–Crippen MR) is 86.3 cm³/mol. The second kappa shape index (κ2) is 7.12. The molecule has 0 spiro atoms. The van der Waals surface area contributed by atoms with E-state index >= 15 is 0 Å². The molecule has 1 aromatic rings. The second-order valence-corrected chi connectivity index (χ2v) is 6.49. The maximum Gasteiger partial charge on any atom is 0.253 e. The molecule has 2 saturated heterocycles. The fraction of sp³-hybridized carbons (Fsp3) is 0.571. The van der Waals surface area contributed by atoms with Gasteiger partial charge in [-0.05, 0) is 22.0 Å². The van der Waals surface area contributed by atoms with E-state index in [9.17, 15) is 4.79 Å². The van der Waals surface area contributed by atoms with Gasteiger partial charge in [-0.3, -0.25) is 4.79 Å². The average molecular weight is 391 g/mol. The minimum absolute atomic E-state index is 0.0260. The van der Waals surface area contributed by atoms with Gasteiger partial charge in [0.1, 0.15) is 5.82 Å². The third-order valence-electron chi connectivity index (χ3n) is 3.75. The topological polar surface area (TPSA) is 54.9 Å². The number of aromatic nitrogens is 1. The van der Waals surface area contributed by atoms with E-state index in [1.807, 2.05) is 9.80 Å². The van der Waals surface area contributed by atoms with E-state index in [0.717, 1.165) is 10.3 Å². The molecule has 0 N–H and O–H groups in total. The van der Waals surface area contributed by atoms with Crippen molar-refractivity contribution in [2.75, 3.05) is 50.9 Å². The maximum atomic E-state index is 12.5. The van der Waals surface area contributed by atoms with E-state index in [1.165, 1.54) is 0 Å². The molecular weight excluding hydrogens is 374 g/mol. The highest BCUT2D eigenvalue weighted by molar-refractivity contribution is 9.10. The van der Waals surface area contributed by atoms with Crippen LogP contribution in [-0.4, -0.2) is 67.9 Å². The molecule has 0 radical (unpaired) electrons. The first-order valence-corrected chi connectivity index (χ1v) is 8.36. The highest BCUT2D eigenvalue weighted by atomic mass is 79.9. The number of hydrogen-bond acceptors (Lipinski definition) is 5. The summed E-state index contributed by atoms with van der Waals surface area (Å²) in [7, 11) is 0. The van der Waals surface area contributed by atoms with Crippen molar-refractivity contribution in [1.29, 1.82) is 0 Å². The number of anilines is 1. The Labute approximate surface area is 142 Å². The first-order chi connectivity index (χ1) is 10.6. The van der Waals surface area contributed by atoms with E-state index in [0.29, 0.717) is 51.0 Å². The molecule has 1 atom stereocenters. The van der Waals surface area contributed by atoms with Crippen molar-refractivity contribution >= 4 is 39.3 Å². The van der Waals surface area contributed by atoms with E-state index < -0.39 is 6.10 Å². The fourth-order valence-electron chi connectivity index (χ4n) is 2.62. The molecule has 0 bridgehead atoms. The van der Waals surface area contributed by atoms with E-state index in [1.54, 1.807) is 12.3 Å². The molecule has 0 aromatic carbocycles. The molecule has 6 nitrogen and oxygen atoms in total. The summed E-state index contributed by atoms with van der Waals surface area (Å²) in [4.78, 5) is 20.7. The number of halogens is 2. The summed E-state index contributed by atoms with van der Waals surface area (Å²) in [6.45, 7) is 4.11. The molecule has 0 aliphatic carbocycles. The third-order valence-corrected chi connectivity index (χ3v) is 4.54. The van der Waals surface area contributed by atoms with Crippen molar-refractivity contribution in [3.8, 4) is 0 Å². The van der Waals surface area contributed by atoms with Crippen molar-refractivity contribution in [2.24, 2.45) is 0 Å². The van der Waals surface area contributed by atoms with Gasteiger partial charge in [0.2, 0.25) is 0 Å². The summed E-state index contributed by atoms with van der Waals surface area (Å²) in [6, 6.07) is 1.80. The van der Waals surface area contributed by atoms with Gasteiger partial charge in [0.25, 0.3) is 5.91 Å². The van der Waals surface area contributed by atoms with E-state index in [4.69, 9.17) is 21.1 Å². The quantitative estimate of drug-likeness (QED) is 0.767. The number of pyridine rings is 1. The number of nitrogens with zero attached hydrogens (tertiary/aromatic N) is 3. The Kier molecular flexibility index (Phi) is 5.18. The first kappa shape index (κ1) is 16.0. The summed E-state index contributed by atoms with van der Waals surface area (Å²) < 4.78 is 11.8. The summed E-state index contributed by atoms with van der Waals surface area (Å²) >= 11 is 9.40. The lowest BCUT2D eigenvalue weighted by atomic mass is 10.2. The van der Waals surface area contributed by atoms with Crippen molar-refractivity contribution < 1.29 is 14.3 Å². The molecule has 2 aliphatic rings. The fourth-order valence-corrected chi connectivity index (χ4v) is 3.51. The number of carbonyl (C=O) groups is 1. The SMILES string of the molecule is O=C(C1CN(c2ncc(Cl)cc2Br)CCO1)N1CCOCC1. The summed E-state index contributed by atoms with van der Waals surface area (Å²) in [6.07, 6.45) is 1.15. The largest absolute Gasteiger partial charge is 0.378 e. The molecule has 2 fully saturated rings. The van der Waals surface area contributed by atoms with Gasteiger partial charge < -0.3 is 19.3 Å². The van der Waals surface area contributed by atoms with Gasteiger partial charge in [0.15, 0.2) is 6.10 Å². The van der Waals surface area contributed by atoms with Gasteiger partial charge in [-0.1, -0.05) is 11.6 Å². The van der Waals surface area contributed by atoms with Gasteiger partial charge in [-0.2, -0.15) is 0 Å². The van der Waals surface area contributed by atoms with Crippen LogP contribution < -0.4 is 4.90 Å². The minimum atomic E-state index is -0.462. The van der Waals surface area contributed by atoms with Gasteiger partial charge in [0, 0.05) is 25.8 Å². The normalized spacial score (nSPS) is 22.7. The predicted octanol–water partition coefficient (Wildman–Crippen LogP) is 1.56. The molecular formula is C14H17BrClN3O3. The van der Waals surface area contributed by atoms with Crippen LogP contribution in [0.25, 0.3) is 0 Å². The standard InChI is InChI=1S/C14H17BrClN3O3/c15-11-7-10(16)8-17-13(11)19-3-6-22-12(9-19)14(20)18-1-4-21-5-2-18/h7-8,12H,1-6,9H2. The Hall–Kier alpha value is -0.890. The number of hydrogen-bond donors (Lipinski definition) is 0. The van der Waals surface area contributed by atoms with Crippen LogP contribution in [0.5, 0.6) is 0 Å². The molecule has 8 heteroatoms. The summed E-state index contributed by atoms with van der Waals surface area (Å²) in [5, 5.41) is 0.574. The van der Waals surface area contributed by atoms with Gasteiger partial charge in [-0.25, -0.2) is 4.98 Å². The first-order valence-electron chi connectivity index (χ1n) is 7.19. The highest BCUT2D eigenvalue weighted by Gasteiger charge is 2.32. The zero-order valence-electron chi connectivity index (χ0n) is 12.0. The Morgan fingerprint density at radius 1 is 1.32 bits per heavy atom. The van der Waals surface area contributed by atoms with E-state index in [2.05, 4.69) is 20.9 Å². The van der Waals surface area contributed by atoms with Gasteiger partial charge in [0.05, 0.1) is 35.9 Å². The lowest BCUT2D eigenvalue weighted by Crippen LogP contribution is -2.53. The Bertz CT molecular complexity index is 554. The van der Waals surface area contributed by atoms with Crippen LogP contribution >= 0.6 is 27.5 Å². The zero-order chi connectivity index (χ0) is 15.5. The number of amides is 1. The molecule has 1 amide bonds. The monoisotopic (exact) mass is 389 g/mol. The Balaban J connectivity index is 1.69. The van der Waals surface area contributed by atoms with Crippen LogP contribution in [-0.2, 0) is 14.3 Å². The van der Waals surface area contributed by atoms with Crippen molar-refractivity contribution in [3.05, 3.63) is 21.8 Å². The van der Waals surface area contributed by atoms with Crippen molar-refractivity contribution in [2.45, 2.75) is 6.10 Å². The van der Waals surface area contributed by atoms with Gasteiger partial charge in [-0.15, -0.1) is 0 Å². The van der Waals surface area contributed by atoms with Crippen LogP contribution in [0.2, 0.25) is 5.02 Å². The number of carbonyl (C=O) groups excluding carboxylic acids is 1.